The van der Waals surface area contributed by atoms with Crippen molar-refractivity contribution in [2.75, 3.05) is 24.5 Å². The van der Waals surface area contributed by atoms with Crippen molar-refractivity contribution in [1.29, 1.82) is 0 Å². The van der Waals surface area contributed by atoms with E-state index >= 15 is 0 Å². The Morgan fingerprint density at radius 3 is 2.21 bits per heavy atom. The number of benzene rings is 3. The third kappa shape index (κ3) is 8.06. The van der Waals surface area contributed by atoms with Crippen molar-refractivity contribution in [2.45, 2.75) is 38.3 Å². The summed E-state index contributed by atoms with van der Waals surface area (Å²) in [7, 11) is -2.60. The number of anilines is 1. The summed E-state index contributed by atoms with van der Waals surface area (Å²) in [6, 6.07) is 21.0. The molecular weight excluding hydrogens is 582 g/mol. The van der Waals surface area contributed by atoms with E-state index in [1.807, 2.05) is 38.1 Å². The highest BCUT2D eigenvalue weighted by molar-refractivity contribution is 9.10. The summed E-state index contributed by atoms with van der Waals surface area (Å²) in [6.45, 7) is 5.69. The molecule has 3 rings (SSSR count). The van der Waals surface area contributed by atoms with Crippen molar-refractivity contribution in [3.8, 4) is 5.75 Å². The maximum Gasteiger partial charge on any atom is 0.264 e. The van der Waals surface area contributed by atoms with Gasteiger partial charge in [-0.3, -0.25) is 13.9 Å². The summed E-state index contributed by atoms with van der Waals surface area (Å²) in [4.78, 5) is 28.4. The van der Waals surface area contributed by atoms with Crippen LogP contribution in [0.5, 0.6) is 5.75 Å². The summed E-state index contributed by atoms with van der Waals surface area (Å²) in [5.74, 6) is -0.0442. The Balaban J connectivity index is 2.00. The molecule has 39 heavy (non-hydrogen) atoms. The van der Waals surface area contributed by atoms with Crippen molar-refractivity contribution in [1.82, 2.24) is 10.2 Å². The van der Waals surface area contributed by atoms with Gasteiger partial charge in [0.15, 0.2) is 0 Å². The van der Waals surface area contributed by atoms with E-state index in [-0.39, 0.29) is 23.3 Å². The fourth-order valence-corrected chi connectivity index (χ4v) is 5.75. The van der Waals surface area contributed by atoms with Crippen LogP contribution in [-0.2, 0) is 26.2 Å². The largest absolute Gasteiger partial charge is 0.497 e. The number of sulfonamides is 1. The number of ether oxygens (including phenoxy) is 1. The fourth-order valence-electron chi connectivity index (χ4n) is 3.86. The van der Waals surface area contributed by atoms with Crippen LogP contribution in [0.2, 0.25) is 0 Å². The van der Waals surface area contributed by atoms with Crippen LogP contribution in [0.25, 0.3) is 0 Å². The second kappa shape index (κ2) is 13.6. The maximum absolute atomic E-state index is 13.9. The Labute approximate surface area is 239 Å². The molecule has 0 bridgehead atoms. The second-order valence-corrected chi connectivity index (χ2v) is 12.3. The minimum absolute atomic E-state index is 0.0508. The van der Waals surface area contributed by atoms with Crippen molar-refractivity contribution >= 4 is 43.5 Å². The van der Waals surface area contributed by atoms with E-state index in [0.29, 0.717) is 18.0 Å². The van der Waals surface area contributed by atoms with Crippen LogP contribution in [0.3, 0.4) is 0 Å². The van der Waals surface area contributed by atoms with Crippen molar-refractivity contribution in [3.05, 3.63) is 88.9 Å². The van der Waals surface area contributed by atoms with Gasteiger partial charge >= 0.3 is 0 Å². The zero-order chi connectivity index (χ0) is 28.6. The van der Waals surface area contributed by atoms with Gasteiger partial charge in [0.05, 0.1) is 17.7 Å². The highest BCUT2D eigenvalue weighted by atomic mass is 79.9. The number of nitrogens with one attached hydrogen (secondary N) is 1. The van der Waals surface area contributed by atoms with Crippen LogP contribution in [0.1, 0.15) is 26.3 Å². The molecule has 208 valence electrons. The molecule has 1 atom stereocenters. The number of amides is 2. The number of carbonyl (C=O) groups is 2. The smallest absolute Gasteiger partial charge is 0.264 e. The van der Waals surface area contributed by atoms with E-state index < -0.39 is 28.5 Å². The fraction of sp³-hybridized carbons (Fsp3) is 0.310. The molecular formula is C29H34BrN3O5S. The molecule has 0 saturated heterocycles. The number of carbonyl (C=O) groups excluding carboxylic acids is 2. The lowest BCUT2D eigenvalue weighted by molar-refractivity contribution is -0.139. The molecule has 0 fully saturated rings. The van der Waals surface area contributed by atoms with E-state index in [0.717, 1.165) is 14.3 Å². The molecule has 0 unspecified atom stereocenters. The predicted molar refractivity (Wildman–Crippen MR) is 156 cm³/mol. The number of nitrogens with zero attached hydrogens (tertiary/aromatic N) is 2. The Kier molecular flexibility index (Phi) is 10.5. The van der Waals surface area contributed by atoms with Crippen molar-refractivity contribution in [2.24, 2.45) is 5.92 Å². The molecule has 3 aromatic carbocycles. The van der Waals surface area contributed by atoms with Gasteiger partial charge in [0.25, 0.3) is 10.0 Å². The van der Waals surface area contributed by atoms with Crippen LogP contribution in [-0.4, -0.2) is 51.4 Å². The van der Waals surface area contributed by atoms with Crippen LogP contribution in [0.4, 0.5) is 5.69 Å². The quantitative estimate of drug-likeness (QED) is 0.314. The summed E-state index contributed by atoms with van der Waals surface area (Å²) in [6.07, 6.45) is 0. The SMILES string of the molecule is COc1ccc(N(CC(=O)N(Cc2cccc(Br)c2)[C@@H](C)C(=O)NCC(C)C)S(=O)(=O)c2ccccc2)cc1. The van der Waals surface area contributed by atoms with E-state index in [4.69, 9.17) is 4.74 Å². The third-order valence-electron chi connectivity index (χ3n) is 6.06. The number of methoxy groups -OCH3 is 1. The molecule has 3 aromatic rings. The number of halogens is 1. The van der Waals surface area contributed by atoms with E-state index in [2.05, 4.69) is 21.2 Å². The second-order valence-electron chi connectivity index (χ2n) is 9.49. The molecule has 0 aliphatic heterocycles. The molecule has 0 aliphatic rings. The van der Waals surface area contributed by atoms with Gasteiger partial charge in [-0.15, -0.1) is 0 Å². The molecule has 0 radical (unpaired) electrons. The Hall–Kier alpha value is -3.37. The molecule has 8 nitrogen and oxygen atoms in total. The molecule has 0 spiro atoms. The van der Waals surface area contributed by atoms with Gasteiger partial charge in [-0.05, 0) is 66.9 Å². The first-order chi connectivity index (χ1) is 18.5. The first-order valence-corrected chi connectivity index (χ1v) is 14.8. The van der Waals surface area contributed by atoms with Crippen molar-refractivity contribution in [3.63, 3.8) is 0 Å². The highest BCUT2D eigenvalue weighted by Gasteiger charge is 2.32. The standard InChI is InChI=1S/C29H34BrN3O5S/c1-21(2)18-31-29(35)22(3)32(19-23-9-8-10-24(30)17-23)28(34)20-33(25-13-15-26(38-4)16-14-25)39(36,37)27-11-6-5-7-12-27/h5-17,21-22H,18-20H2,1-4H3,(H,31,35)/t22-/m0/s1. The third-order valence-corrected chi connectivity index (χ3v) is 8.35. The van der Waals surface area contributed by atoms with Gasteiger partial charge in [0.2, 0.25) is 11.8 Å². The number of hydrogen-bond acceptors (Lipinski definition) is 5. The molecule has 0 heterocycles. The van der Waals surface area contributed by atoms with Crippen LogP contribution in [0.15, 0.2) is 88.2 Å². The van der Waals surface area contributed by atoms with E-state index in [9.17, 15) is 18.0 Å². The topological polar surface area (TPSA) is 96.0 Å². The molecule has 0 aromatic heterocycles. The summed E-state index contributed by atoms with van der Waals surface area (Å²) >= 11 is 3.45. The van der Waals surface area contributed by atoms with Gasteiger partial charge < -0.3 is 15.0 Å². The van der Waals surface area contributed by atoms with Crippen LogP contribution < -0.4 is 14.4 Å². The lowest BCUT2D eigenvalue weighted by Crippen LogP contribution is -2.51. The lowest BCUT2D eigenvalue weighted by Gasteiger charge is -2.32. The minimum atomic E-state index is -4.11. The average Bonchev–Trinajstić information content (AvgIpc) is 2.93. The zero-order valence-electron chi connectivity index (χ0n) is 22.5. The molecule has 1 N–H and O–H groups in total. The predicted octanol–water partition coefficient (Wildman–Crippen LogP) is 4.84. The normalized spacial score (nSPS) is 12.1. The van der Waals surface area contributed by atoms with Gasteiger partial charge in [0.1, 0.15) is 18.3 Å². The average molecular weight is 617 g/mol. The zero-order valence-corrected chi connectivity index (χ0v) is 24.9. The maximum atomic E-state index is 13.9. The molecule has 2 amide bonds. The summed E-state index contributed by atoms with van der Waals surface area (Å²) < 4.78 is 34.7. The highest BCUT2D eigenvalue weighted by Crippen LogP contribution is 2.26. The molecule has 0 aliphatic carbocycles. The summed E-state index contributed by atoms with van der Waals surface area (Å²) in [5.41, 5.74) is 1.09. The monoisotopic (exact) mass is 615 g/mol. The van der Waals surface area contributed by atoms with Crippen LogP contribution in [0, 0.1) is 5.92 Å². The summed E-state index contributed by atoms with van der Waals surface area (Å²) in [5, 5.41) is 2.88. The van der Waals surface area contributed by atoms with Gasteiger partial charge in [0, 0.05) is 17.6 Å². The van der Waals surface area contributed by atoms with E-state index in [1.165, 1.54) is 24.1 Å². The first kappa shape index (κ1) is 30.2. The van der Waals surface area contributed by atoms with E-state index in [1.54, 1.807) is 49.4 Å². The van der Waals surface area contributed by atoms with Gasteiger partial charge in [-0.2, -0.15) is 0 Å². The Morgan fingerprint density at radius 1 is 0.949 bits per heavy atom. The number of hydrogen-bond donors (Lipinski definition) is 1. The molecule has 10 heteroatoms. The Morgan fingerprint density at radius 2 is 1.62 bits per heavy atom. The lowest BCUT2D eigenvalue weighted by atomic mass is 10.1. The number of rotatable bonds is 12. The van der Waals surface area contributed by atoms with Crippen LogP contribution >= 0.6 is 15.9 Å². The Bertz CT molecular complexity index is 1370. The van der Waals surface area contributed by atoms with Crippen molar-refractivity contribution < 1.29 is 22.7 Å². The first-order valence-electron chi connectivity index (χ1n) is 12.6. The van der Waals surface area contributed by atoms with Gasteiger partial charge in [-0.25, -0.2) is 8.42 Å². The van der Waals surface area contributed by atoms with Gasteiger partial charge in [-0.1, -0.05) is 60.1 Å². The minimum Gasteiger partial charge on any atom is -0.497 e. The molecule has 0 saturated carbocycles.